The van der Waals surface area contributed by atoms with Gasteiger partial charge in [-0.1, -0.05) is 77.4 Å². The van der Waals surface area contributed by atoms with Crippen molar-refractivity contribution in [1.29, 1.82) is 0 Å². The molecule has 7 rings (SSSR count). The van der Waals surface area contributed by atoms with Gasteiger partial charge in [0.15, 0.2) is 0 Å². The van der Waals surface area contributed by atoms with Crippen LogP contribution >= 0.6 is 0 Å². The SMILES string of the molecule is CC.CC.CC.CN1CCCC1C1=C[C-]=C(c2[c-]cc(-c3ccc4cc(-c5cnc(C6CCCN6C)[nH]5)ccc4c3)cc2)C1.[V+2]. The molecule has 1 radical (unpaired) electrons. The van der Waals surface area contributed by atoms with Crippen molar-refractivity contribution in [1.82, 2.24) is 19.8 Å². The minimum absolute atomic E-state index is 0. The summed E-state index contributed by atoms with van der Waals surface area (Å²) in [4.78, 5) is 13.2. The van der Waals surface area contributed by atoms with E-state index in [4.69, 9.17) is 4.98 Å². The van der Waals surface area contributed by atoms with Gasteiger partial charge in [0, 0.05) is 5.56 Å². The molecular formula is C40H52N4V. The second-order valence-corrected chi connectivity index (χ2v) is 11.2. The molecule has 45 heavy (non-hydrogen) atoms. The average molecular weight is 640 g/mol. The zero-order valence-electron chi connectivity index (χ0n) is 28.7. The number of imidazole rings is 1. The summed E-state index contributed by atoms with van der Waals surface area (Å²) < 4.78 is 0. The number of hydrogen-bond acceptors (Lipinski definition) is 3. The third kappa shape index (κ3) is 8.29. The van der Waals surface area contributed by atoms with Crippen LogP contribution in [0, 0.1) is 12.1 Å². The maximum absolute atomic E-state index is 4.71. The minimum atomic E-state index is 0. The van der Waals surface area contributed by atoms with Crippen molar-refractivity contribution >= 4 is 16.3 Å². The number of aromatic nitrogens is 2. The van der Waals surface area contributed by atoms with Crippen molar-refractivity contribution in [3.8, 4) is 22.4 Å². The monoisotopic (exact) mass is 639 g/mol. The summed E-state index contributed by atoms with van der Waals surface area (Å²) in [6.45, 7) is 14.3. The predicted molar refractivity (Wildman–Crippen MR) is 189 cm³/mol. The number of aromatic amines is 1. The molecule has 2 atom stereocenters. The normalized spacial score (nSPS) is 19.3. The second kappa shape index (κ2) is 17.7. The van der Waals surface area contributed by atoms with Crippen LogP contribution in [0.4, 0.5) is 0 Å². The summed E-state index contributed by atoms with van der Waals surface area (Å²) >= 11 is 0. The van der Waals surface area contributed by atoms with Crippen molar-refractivity contribution in [3.63, 3.8) is 0 Å². The van der Waals surface area contributed by atoms with Crippen molar-refractivity contribution < 1.29 is 18.6 Å². The van der Waals surface area contributed by atoms with Crippen molar-refractivity contribution in [2.75, 3.05) is 27.2 Å². The van der Waals surface area contributed by atoms with E-state index in [-0.39, 0.29) is 18.6 Å². The maximum atomic E-state index is 4.71. The van der Waals surface area contributed by atoms with Gasteiger partial charge in [0.05, 0.1) is 17.9 Å². The van der Waals surface area contributed by atoms with Gasteiger partial charge < -0.3 is 9.88 Å². The van der Waals surface area contributed by atoms with Gasteiger partial charge in [-0.25, -0.2) is 28.3 Å². The quantitative estimate of drug-likeness (QED) is 0.221. The van der Waals surface area contributed by atoms with E-state index in [1.54, 1.807) is 0 Å². The number of nitrogens with one attached hydrogen (secondary N) is 1. The molecule has 237 valence electrons. The van der Waals surface area contributed by atoms with Crippen LogP contribution in [0.2, 0.25) is 0 Å². The number of rotatable bonds is 5. The average Bonchev–Trinajstić information content (AvgIpc) is 3.92. The van der Waals surface area contributed by atoms with Crippen LogP contribution in [-0.2, 0) is 18.6 Å². The second-order valence-electron chi connectivity index (χ2n) is 11.2. The van der Waals surface area contributed by atoms with E-state index in [1.165, 1.54) is 70.8 Å². The fourth-order valence-electron chi connectivity index (χ4n) is 6.55. The van der Waals surface area contributed by atoms with Crippen LogP contribution in [0.3, 0.4) is 0 Å². The Kier molecular flexibility index (Phi) is 14.4. The molecule has 1 aromatic heterocycles. The largest absolute Gasteiger partial charge is 2.00 e. The van der Waals surface area contributed by atoms with E-state index < -0.39 is 0 Å². The van der Waals surface area contributed by atoms with Gasteiger partial charge in [0.1, 0.15) is 5.82 Å². The Morgan fingerprint density at radius 1 is 0.756 bits per heavy atom. The number of hydrogen-bond donors (Lipinski definition) is 1. The Bertz CT molecular complexity index is 1550. The first kappa shape index (κ1) is 36.6. The van der Waals surface area contributed by atoms with Crippen LogP contribution in [-0.4, -0.2) is 53.0 Å². The molecule has 5 heteroatoms. The first-order valence-electron chi connectivity index (χ1n) is 17.0. The van der Waals surface area contributed by atoms with Crippen molar-refractivity contribution in [2.24, 2.45) is 0 Å². The van der Waals surface area contributed by atoms with Gasteiger partial charge in [-0.3, -0.25) is 4.90 Å². The fourth-order valence-corrected chi connectivity index (χ4v) is 6.55. The minimum Gasteiger partial charge on any atom is -0.341 e. The summed E-state index contributed by atoms with van der Waals surface area (Å²) in [7, 11) is 4.43. The van der Waals surface area contributed by atoms with E-state index >= 15 is 0 Å². The Labute approximate surface area is 284 Å². The predicted octanol–water partition coefficient (Wildman–Crippen LogP) is 10.2. The molecule has 3 aromatic carbocycles. The molecule has 2 fully saturated rings. The molecule has 2 unspecified atom stereocenters. The zero-order valence-corrected chi connectivity index (χ0v) is 30.1. The van der Waals surface area contributed by atoms with Gasteiger partial charge in [-0.15, -0.1) is 18.1 Å². The van der Waals surface area contributed by atoms with E-state index in [0.717, 1.165) is 30.0 Å². The maximum Gasteiger partial charge on any atom is 2.00 e. The third-order valence-corrected chi connectivity index (χ3v) is 8.82. The Hall–Kier alpha value is -2.89. The van der Waals surface area contributed by atoms with Crippen LogP contribution < -0.4 is 0 Å². The molecule has 1 N–H and O–H groups in total. The number of likely N-dealkylation sites (tertiary alicyclic amines) is 2. The summed E-state index contributed by atoms with van der Waals surface area (Å²) in [5.74, 6) is 1.08. The van der Waals surface area contributed by atoms with Gasteiger partial charge in [-0.05, 0) is 75.7 Å². The van der Waals surface area contributed by atoms with Gasteiger partial charge in [0.2, 0.25) is 0 Å². The topological polar surface area (TPSA) is 35.2 Å². The number of benzene rings is 3. The number of allylic oxidation sites excluding steroid dienone is 3. The number of H-pyrrole nitrogens is 1. The molecule has 0 spiro atoms. The molecule has 0 amide bonds. The molecule has 0 bridgehead atoms. The smallest absolute Gasteiger partial charge is 0.341 e. The van der Waals surface area contributed by atoms with Gasteiger partial charge >= 0.3 is 18.6 Å². The molecule has 3 heterocycles. The summed E-state index contributed by atoms with van der Waals surface area (Å²) in [5.41, 5.74) is 8.61. The Balaban J connectivity index is 0.000000747. The van der Waals surface area contributed by atoms with Crippen molar-refractivity contribution in [3.05, 3.63) is 96.0 Å². The number of fused-ring (bicyclic) bond motifs is 1. The van der Waals surface area contributed by atoms with Crippen LogP contribution in [0.25, 0.3) is 38.7 Å². The van der Waals surface area contributed by atoms with E-state index in [0.29, 0.717) is 12.1 Å². The van der Waals surface area contributed by atoms with E-state index in [2.05, 4.69) is 102 Å². The first-order chi connectivity index (χ1) is 21.6. The molecule has 2 saturated heterocycles. The summed E-state index contributed by atoms with van der Waals surface area (Å²) in [6.07, 6.45) is 13.7. The molecule has 4 aromatic rings. The van der Waals surface area contributed by atoms with E-state index in [9.17, 15) is 0 Å². The molecule has 1 aliphatic carbocycles. The molecular weight excluding hydrogens is 587 g/mol. The first-order valence-corrected chi connectivity index (χ1v) is 17.0. The third-order valence-electron chi connectivity index (χ3n) is 8.82. The summed E-state index contributed by atoms with van der Waals surface area (Å²) in [5, 5.41) is 2.48. The molecule has 4 nitrogen and oxygen atoms in total. The van der Waals surface area contributed by atoms with Crippen molar-refractivity contribution in [2.45, 2.75) is 85.7 Å². The Morgan fingerprint density at radius 2 is 1.36 bits per heavy atom. The van der Waals surface area contributed by atoms with Gasteiger partial charge in [-0.2, -0.15) is 23.8 Å². The van der Waals surface area contributed by atoms with Crippen LogP contribution in [0.15, 0.2) is 72.4 Å². The standard InChI is InChI=1S/C34H34N4.3C2H6.V/c1-37-17-3-5-32(37)30-16-14-26(21-30)24-9-7-23(8-10-24)25-11-12-28-20-29(15-13-27(28)19-25)31-22-35-34(36-31)33-6-4-18-38(33)2;3*1-2;/h7-9,11-13,15-16,19-20,22,32-33H,3-6,17-18,21H2,1-2H3,(H,35,36);3*1-2H3;/q-2;;;;+2. The van der Waals surface area contributed by atoms with Crippen LogP contribution in [0.1, 0.15) is 91.1 Å². The number of likely N-dealkylation sites (N-methyl/N-ethyl adjacent to an activating group) is 1. The van der Waals surface area contributed by atoms with E-state index in [1.807, 2.05) is 47.7 Å². The molecule has 0 saturated carbocycles. The Morgan fingerprint density at radius 3 is 1.96 bits per heavy atom. The van der Waals surface area contributed by atoms with Gasteiger partial charge in [0.25, 0.3) is 0 Å². The number of nitrogens with zero attached hydrogens (tertiary/aromatic N) is 3. The summed E-state index contributed by atoms with van der Waals surface area (Å²) in [6, 6.07) is 24.5. The van der Waals surface area contributed by atoms with Crippen LogP contribution in [0.5, 0.6) is 0 Å². The zero-order chi connectivity index (χ0) is 31.6. The molecule has 3 aliphatic rings. The fraction of sp³-hybridized carbons (Fsp3) is 0.425. The molecule has 2 aliphatic heterocycles.